The number of fused-ring (bicyclic) bond motifs is 14. The van der Waals surface area contributed by atoms with Crippen LogP contribution in [0, 0.1) is 125 Å². The number of amides is 2. The summed E-state index contributed by atoms with van der Waals surface area (Å²) in [5.41, 5.74) is 1.81. The van der Waals surface area contributed by atoms with Crippen molar-refractivity contribution in [2.75, 3.05) is 39.5 Å². The van der Waals surface area contributed by atoms with E-state index in [0.717, 1.165) is 101 Å². The van der Waals surface area contributed by atoms with Crippen LogP contribution < -0.4 is 10.6 Å². The van der Waals surface area contributed by atoms with Crippen molar-refractivity contribution in [1.29, 1.82) is 0 Å². The normalized spacial score (nSPS) is 42.2. The van der Waals surface area contributed by atoms with Gasteiger partial charge in [0, 0.05) is 23.9 Å². The van der Waals surface area contributed by atoms with Crippen molar-refractivity contribution in [3.05, 3.63) is 71.8 Å². The maximum atomic E-state index is 14.6. The summed E-state index contributed by atoms with van der Waals surface area (Å²) in [6.45, 7) is 37.6. The lowest BCUT2D eigenvalue weighted by Gasteiger charge is -2.72. The molecule has 10 aliphatic rings. The van der Waals surface area contributed by atoms with Gasteiger partial charge in [0.05, 0.1) is 37.3 Å². The van der Waals surface area contributed by atoms with Crippen LogP contribution >= 0.6 is 0 Å². The molecular weight excluding hydrogens is 1170 g/mol. The molecule has 12 nitrogen and oxygen atoms in total. The number of hydrogen-bond donors (Lipinski definition) is 2. The van der Waals surface area contributed by atoms with Crippen molar-refractivity contribution in [3.63, 3.8) is 0 Å². The van der Waals surface area contributed by atoms with Gasteiger partial charge in [-0.15, -0.1) is 0 Å². The van der Waals surface area contributed by atoms with Crippen LogP contribution in [-0.2, 0) is 51.2 Å². The molecule has 2 aromatic rings. The smallest absolute Gasteiger partial charge is 0.407 e. The minimum absolute atomic E-state index is 0.0579. The van der Waals surface area contributed by atoms with Gasteiger partial charge in [0.2, 0.25) is 0 Å². The third kappa shape index (κ3) is 11.4. The zero-order valence-electron chi connectivity index (χ0n) is 60.7. The quantitative estimate of drug-likeness (QED) is 0.0791. The van der Waals surface area contributed by atoms with Gasteiger partial charge < -0.3 is 39.1 Å². The maximum Gasteiger partial charge on any atom is 0.407 e. The minimum atomic E-state index is -0.390. The fraction of sp³-hybridized carbons (Fsp3) is 0.805. The lowest BCUT2D eigenvalue weighted by molar-refractivity contribution is -0.250. The predicted molar refractivity (Wildman–Crippen MR) is 369 cm³/mol. The molecule has 0 aliphatic heterocycles. The van der Waals surface area contributed by atoms with Gasteiger partial charge in [-0.05, 0) is 243 Å². The van der Waals surface area contributed by atoms with Crippen LogP contribution in [0.4, 0.5) is 9.59 Å². The summed E-state index contributed by atoms with van der Waals surface area (Å²) in [7, 11) is 0. The Morgan fingerprint density at radius 3 is 1.17 bits per heavy atom. The van der Waals surface area contributed by atoms with Crippen LogP contribution in [0.2, 0.25) is 0 Å². The second-order valence-corrected chi connectivity index (χ2v) is 36.3. The van der Waals surface area contributed by atoms with E-state index in [1.54, 1.807) is 0 Å². The summed E-state index contributed by atoms with van der Waals surface area (Å²) in [6.07, 6.45) is 20.2. The topological polar surface area (TPSA) is 148 Å². The average Bonchev–Trinajstić information content (AvgIpc) is 1.04. The molecule has 12 rings (SSSR count). The van der Waals surface area contributed by atoms with Crippen molar-refractivity contribution < 1.29 is 47.6 Å². The van der Waals surface area contributed by atoms with Crippen molar-refractivity contribution in [2.24, 2.45) is 125 Å². The summed E-state index contributed by atoms with van der Waals surface area (Å²) in [5.74, 6) is 5.94. The molecular formula is C82H124N2O10. The highest BCUT2D eigenvalue weighted by molar-refractivity contribution is 5.79. The van der Waals surface area contributed by atoms with E-state index in [0.29, 0.717) is 124 Å². The van der Waals surface area contributed by atoms with Crippen molar-refractivity contribution in [3.8, 4) is 0 Å². The first kappa shape index (κ1) is 69.7. The van der Waals surface area contributed by atoms with Crippen molar-refractivity contribution >= 4 is 24.1 Å². The minimum Gasteiger partial charge on any atom is -0.460 e. The van der Waals surface area contributed by atoms with Crippen LogP contribution in [-0.4, -0.2) is 75.9 Å². The highest BCUT2D eigenvalue weighted by Crippen LogP contribution is 2.80. The molecule has 522 valence electrons. The van der Waals surface area contributed by atoms with E-state index in [9.17, 15) is 19.2 Å². The van der Waals surface area contributed by atoms with Gasteiger partial charge >= 0.3 is 24.1 Å². The molecule has 20 atom stereocenters. The second-order valence-electron chi connectivity index (χ2n) is 36.3. The van der Waals surface area contributed by atoms with Gasteiger partial charge in [0.25, 0.3) is 0 Å². The maximum absolute atomic E-state index is 14.6. The first-order valence-electron chi connectivity index (χ1n) is 38.0. The Bertz CT molecular complexity index is 2820. The van der Waals surface area contributed by atoms with Crippen LogP contribution in [0.5, 0.6) is 0 Å². The standard InChI is InChI=1S/C82H124N2O10/c1-53(2)57-29-39-81(69(85)91-51-55-21-17-15-18-22-55)43-41-77(11)59(67(57)81)25-27-63-75(9)35-33-65(73(5,6)61(75)31-37-79(63,77)13)93-71(87)83-45-47-89-49-50-90-48-46-84-72(88)94-66-34-36-76(10)62(74(66,7)8)32-38-80(14)64(76)28-26-60-68-58(54(3)4)30-40-82(68,44-42-78(60,80)12)70(86)92-52-56-23-19-16-20-24-56/h15-24,53-54,57-68H,25-52H2,1-14H3,(H,83,87)(H,84,88)/t57-,58+,59?,60?,61?,62?,63?,64?,65-,66-,67?,68?,75-,76+,77+,78-,79+,80-,81-,82+/m1/s1. The van der Waals surface area contributed by atoms with E-state index in [-0.39, 0.29) is 90.5 Å². The molecule has 0 bridgehead atoms. The first-order valence-corrected chi connectivity index (χ1v) is 38.0. The lowest BCUT2D eigenvalue weighted by Crippen LogP contribution is -2.67. The van der Waals surface area contributed by atoms with Crippen LogP contribution in [0.3, 0.4) is 0 Å². The molecule has 2 amide bonds. The first-order chi connectivity index (χ1) is 44.6. The van der Waals surface area contributed by atoms with Crippen LogP contribution in [0.15, 0.2) is 60.7 Å². The number of alkyl carbamates (subject to hydrolysis) is 2. The molecule has 12 heteroatoms. The Morgan fingerprint density at radius 2 is 0.798 bits per heavy atom. The Balaban J connectivity index is 0.560. The summed E-state index contributed by atoms with van der Waals surface area (Å²) in [6, 6.07) is 20.4. The summed E-state index contributed by atoms with van der Waals surface area (Å²) < 4.78 is 37.1. The predicted octanol–water partition coefficient (Wildman–Crippen LogP) is 18.2. The van der Waals surface area contributed by atoms with E-state index < -0.39 is 0 Å². The Morgan fingerprint density at radius 1 is 0.415 bits per heavy atom. The number of rotatable bonds is 19. The number of hydrogen-bond acceptors (Lipinski definition) is 10. The zero-order valence-corrected chi connectivity index (χ0v) is 60.7. The monoisotopic (exact) mass is 1300 g/mol. The number of carbonyl (C=O) groups excluding carboxylic acids is 4. The largest absolute Gasteiger partial charge is 0.460 e. The lowest BCUT2D eigenvalue weighted by atomic mass is 9.32. The van der Waals surface area contributed by atoms with E-state index in [2.05, 4.69) is 132 Å². The molecule has 10 fully saturated rings. The fourth-order valence-corrected chi connectivity index (χ4v) is 26.7. The van der Waals surface area contributed by atoms with E-state index in [4.69, 9.17) is 28.4 Å². The number of benzene rings is 2. The molecule has 2 aromatic carbocycles. The molecule has 10 aliphatic carbocycles. The molecule has 0 saturated heterocycles. The van der Waals surface area contributed by atoms with Gasteiger partial charge in [0.1, 0.15) is 25.4 Å². The number of carbonyl (C=O) groups is 4. The third-order valence-electron chi connectivity index (χ3n) is 31.7. The molecule has 94 heavy (non-hydrogen) atoms. The molecule has 0 spiro atoms. The second kappa shape index (κ2) is 26.2. The molecule has 2 N–H and O–H groups in total. The third-order valence-corrected chi connectivity index (χ3v) is 31.7. The molecule has 0 radical (unpaired) electrons. The zero-order chi connectivity index (χ0) is 67.1. The van der Waals surface area contributed by atoms with Gasteiger partial charge in [0.15, 0.2) is 0 Å². The van der Waals surface area contributed by atoms with E-state index in [1.165, 1.54) is 38.5 Å². The highest BCUT2D eigenvalue weighted by Gasteiger charge is 2.75. The molecule has 0 heterocycles. The van der Waals surface area contributed by atoms with Gasteiger partial charge in [-0.25, -0.2) is 9.59 Å². The van der Waals surface area contributed by atoms with Crippen molar-refractivity contribution in [2.45, 2.75) is 251 Å². The van der Waals surface area contributed by atoms with Crippen LogP contribution in [0.25, 0.3) is 0 Å². The van der Waals surface area contributed by atoms with Crippen LogP contribution in [0.1, 0.15) is 236 Å². The molecule has 8 unspecified atom stereocenters. The van der Waals surface area contributed by atoms with Gasteiger partial charge in [-0.2, -0.15) is 0 Å². The Labute approximate surface area is 566 Å². The number of ether oxygens (including phenoxy) is 6. The molecule has 0 aromatic heterocycles. The SMILES string of the molecule is CC(C)[C@H]1CC[C@@]2(C(=O)OCc3ccccc3)CC[C@@]3(C)C(CCC4[C@]5(C)CC[C@@H](OC(=O)NCCOCCOCCNC(=O)O[C@@H]6CC[C@@]7(C)C(CC[C@]8(C)C7CCC7C9[C@H](C(C)C)CC[C@]9(C(=O)OCc9ccccc9)CC[C@]78C)C6(C)C)C(C)(C)C5CC[C@@]43C)C12. The number of nitrogens with one attached hydrogen (secondary N) is 2. The van der Waals surface area contributed by atoms with E-state index >= 15 is 0 Å². The summed E-state index contributed by atoms with van der Waals surface area (Å²) >= 11 is 0. The highest BCUT2D eigenvalue weighted by atomic mass is 16.6. The number of esters is 2. The Kier molecular flexibility index (Phi) is 19.4. The van der Waals surface area contributed by atoms with Gasteiger partial charge in [-0.3, -0.25) is 9.59 Å². The summed E-state index contributed by atoms with van der Waals surface area (Å²) in [5, 5.41) is 5.97. The summed E-state index contributed by atoms with van der Waals surface area (Å²) in [4.78, 5) is 56.1. The Hall–Kier alpha value is -4.16. The van der Waals surface area contributed by atoms with Crippen molar-refractivity contribution in [1.82, 2.24) is 10.6 Å². The molecule has 10 saturated carbocycles. The van der Waals surface area contributed by atoms with Gasteiger partial charge in [-0.1, -0.05) is 158 Å². The van der Waals surface area contributed by atoms with E-state index in [1.807, 2.05) is 36.4 Å². The fourth-order valence-electron chi connectivity index (χ4n) is 26.7. The average molecular weight is 1300 g/mol.